The van der Waals surface area contributed by atoms with Gasteiger partial charge in [-0.3, -0.25) is 19.9 Å². The summed E-state index contributed by atoms with van der Waals surface area (Å²) >= 11 is 0. The Morgan fingerprint density at radius 1 is 0.371 bits per heavy atom. The Morgan fingerprint density at radius 3 is 1.05 bits per heavy atom. The summed E-state index contributed by atoms with van der Waals surface area (Å²) in [4.78, 5) is 19.6. The molecule has 0 saturated heterocycles. The van der Waals surface area contributed by atoms with Crippen molar-refractivity contribution in [1.82, 2.24) is 19.9 Å². The van der Waals surface area contributed by atoms with E-state index in [1.165, 1.54) is 55.6 Å². The van der Waals surface area contributed by atoms with Crippen LogP contribution >= 0.6 is 0 Å². The number of para-hydroxylation sites is 2. The monoisotopic (exact) mass is 812 g/mol. The molecule has 308 valence electrons. The zero-order chi connectivity index (χ0) is 42.1. The summed E-state index contributed by atoms with van der Waals surface area (Å²) in [7, 11) is 0. The number of ether oxygens (including phenoxy) is 2. The molecule has 62 heavy (non-hydrogen) atoms. The van der Waals surface area contributed by atoms with Crippen LogP contribution in [0, 0.1) is 0 Å². The second-order valence-electron chi connectivity index (χ2n) is 16.1. The summed E-state index contributed by atoms with van der Waals surface area (Å²) in [6.45, 7) is 5.64. The maximum Gasteiger partial charge on any atom is 0.126 e. The summed E-state index contributed by atoms with van der Waals surface area (Å²) in [5.74, 6) is 1.97. The minimum absolute atomic E-state index is 0.646. The number of hydrogen-bond acceptors (Lipinski definition) is 6. The first kappa shape index (κ1) is 40.5. The quantitative estimate of drug-likeness (QED) is 0.122. The predicted molar refractivity (Wildman–Crippen MR) is 249 cm³/mol. The normalized spacial score (nSPS) is 12.2. The molecule has 1 aliphatic carbocycles. The van der Waals surface area contributed by atoms with Crippen molar-refractivity contribution in [2.24, 2.45) is 0 Å². The Labute approximate surface area is 365 Å². The minimum atomic E-state index is 0.646. The molecule has 8 bridgehead atoms. The Hall–Kier alpha value is -6.92. The second kappa shape index (κ2) is 19.2. The van der Waals surface area contributed by atoms with Gasteiger partial charge in [-0.25, -0.2) is 0 Å². The molecule has 4 aromatic carbocycles. The van der Waals surface area contributed by atoms with E-state index in [9.17, 15) is 0 Å². The van der Waals surface area contributed by atoms with E-state index in [0.29, 0.717) is 26.1 Å². The summed E-state index contributed by atoms with van der Waals surface area (Å²) < 4.78 is 13.6. The van der Waals surface area contributed by atoms with Crippen LogP contribution in [0.4, 0.5) is 0 Å². The van der Waals surface area contributed by atoms with Crippen LogP contribution in [0.3, 0.4) is 0 Å². The summed E-state index contributed by atoms with van der Waals surface area (Å²) in [6, 6.07) is 51.5. The molecule has 9 rings (SSSR count). The average molecular weight is 813 g/mol. The largest absolute Gasteiger partial charge is 0.493 e. The van der Waals surface area contributed by atoms with Gasteiger partial charge in [0.15, 0.2) is 0 Å². The first-order valence-electron chi connectivity index (χ1n) is 22.0. The summed E-state index contributed by atoms with van der Waals surface area (Å²) in [5, 5.41) is 0. The Balaban J connectivity index is 1.20. The van der Waals surface area contributed by atoms with Crippen LogP contribution in [0.25, 0.3) is 22.8 Å². The molecule has 6 heteroatoms. The molecule has 0 fully saturated rings. The Morgan fingerprint density at radius 2 is 0.710 bits per heavy atom. The van der Waals surface area contributed by atoms with Crippen molar-refractivity contribution in [3.8, 4) is 34.3 Å². The third-order valence-electron chi connectivity index (χ3n) is 11.7. The van der Waals surface area contributed by atoms with Gasteiger partial charge in [0.2, 0.25) is 0 Å². The van der Waals surface area contributed by atoms with E-state index in [0.717, 1.165) is 84.2 Å². The lowest BCUT2D eigenvalue weighted by atomic mass is 9.86. The molecule has 0 atom stereocenters. The molecule has 1 aliphatic rings. The number of nitrogens with zero attached hydrogens (tertiary/aromatic N) is 4. The van der Waals surface area contributed by atoms with E-state index in [2.05, 4.69) is 121 Å². The van der Waals surface area contributed by atoms with E-state index in [-0.39, 0.29) is 0 Å². The zero-order valence-electron chi connectivity index (χ0n) is 35.7. The highest BCUT2D eigenvalue weighted by molar-refractivity contribution is 5.57. The molecular weight excluding hydrogens is 761 g/mol. The first-order chi connectivity index (χ1) is 30.6. The van der Waals surface area contributed by atoms with Gasteiger partial charge in [-0.15, -0.1) is 0 Å². The molecule has 0 aliphatic heterocycles. The van der Waals surface area contributed by atoms with Crippen molar-refractivity contribution in [2.75, 3.05) is 13.2 Å². The lowest BCUT2D eigenvalue weighted by Gasteiger charge is -2.23. The maximum absolute atomic E-state index is 6.78. The number of pyridine rings is 4. The van der Waals surface area contributed by atoms with Crippen molar-refractivity contribution in [3.05, 3.63) is 225 Å². The lowest BCUT2D eigenvalue weighted by molar-refractivity contribution is 0.311. The van der Waals surface area contributed by atoms with Gasteiger partial charge >= 0.3 is 0 Å². The van der Waals surface area contributed by atoms with Crippen molar-refractivity contribution in [1.29, 1.82) is 0 Å². The van der Waals surface area contributed by atoms with Crippen LogP contribution in [-0.2, 0) is 38.5 Å². The van der Waals surface area contributed by atoms with Gasteiger partial charge < -0.3 is 9.47 Å². The highest BCUT2D eigenvalue weighted by atomic mass is 16.5. The molecule has 8 aromatic rings. The Kier molecular flexibility index (Phi) is 12.5. The van der Waals surface area contributed by atoms with E-state index < -0.39 is 0 Å². The van der Waals surface area contributed by atoms with Gasteiger partial charge in [0.05, 0.1) is 36.0 Å². The maximum atomic E-state index is 6.78. The zero-order valence-corrected chi connectivity index (χ0v) is 35.7. The van der Waals surface area contributed by atoms with Gasteiger partial charge in [-0.1, -0.05) is 111 Å². The van der Waals surface area contributed by atoms with E-state index in [1.54, 1.807) is 0 Å². The molecule has 0 N–H and O–H groups in total. The number of fused-ring (bicyclic) bond motifs is 8. The van der Waals surface area contributed by atoms with E-state index >= 15 is 0 Å². The van der Waals surface area contributed by atoms with Gasteiger partial charge in [0, 0.05) is 62.3 Å². The third kappa shape index (κ3) is 9.20. The molecule has 6 nitrogen and oxygen atoms in total. The molecule has 0 radical (unpaired) electrons. The second-order valence-corrected chi connectivity index (χ2v) is 16.1. The number of hydrogen-bond donors (Lipinski definition) is 0. The molecule has 0 amide bonds. The van der Waals surface area contributed by atoms with Gasteiger partial charge in [0.25, 0.3) is 0 Å². The molecular formula is C56H52N4O2. The van der Waals surface area contributed by atoms with Crippen molar-refractivity contribution < 1.29 is 9.47 Å². The van der Waals surface area contributed by atoms with E-state index in [4.69, 9.17) is 19.4 Å². The van der Waals surface area contributed by atoms with Crippen LogP contribution in [0.2, 0.25) is 0 Å². The van der Waals surface area contributed by atoms with Gasteiger partial charge in [0.1, 0.15) is 11.5 Å². The number of rotatable bonds is 12. The number of benzene rings is 4. The van der Waals surface area contributed by atoms with Crippen molar-refractivity contribution >= 4 is 0 Å². The number of aromatic nitrogens is 4. The summed E-state index contributed by atoms with van der Waals surface area (Å²) in [6.07, 6.45) is 9.78. The molecule has 0 unspecified atom stereocenters. The molecule has 4 aromatic heterocycles. The predicted octanol–water partition coefficient (Wildman–Crippen LogP) is 12.0. The Bertz CT molecular complexity index is 2510. The molecule has 0 spiro atoms. The van der Waals surface area contributed by atoms with Crippen molar-refractivity contribution in [3.63, 3.8) is 0 Å². The standard InChI is InChI=1S/C56H52N4O2/c1-3-31-61-55-43-19-11-20-44(55)34-40-16-10-18-42(50(40)38-48-24-14-28-54(60-48)52-26-6-8-30-58-52)36-46-22-12-21-45(56(46)62-32-4-2)35-41-17-9-15-39(33-43)49(41)37-47-23-13-27-53(59-47)51-25-5-7-29-57-51/h5-30H,3-4,31-38H2,1-2H3. The van der Waals surface area contributed by atoms with E-state index in [1.807, 2.05) is 60.9 Å². The fraction of sp³-hybridized carbons (Fsp3) is 0.214. The minimum Gasteiger partial charge on any atom is -0.493 e. The average Bonchev–Trinajstić information content (AvgIpc) is 3.31. The van der Waals surface area contributed by atoms with Crippen LogP contribution in [0.15, 0.2) is 158 Å². The topological polar surface area (TPSA) is 70.0 Å². The van der Waals surface area contributed by atoms with Crippen LogP contribution in [-0.4, -0.2) is 33.1 Å². The molecule has 4 heterocycles. The van der Waals surface area contributed by atoms with Crippen LogP contribution < -0.4 is 9.47 Å². The SMILES string of the molecule is CCCOc1c2cccc1Cc1cccc(c1Cc1cccc(-c3ccccn3)n1)Cc1cccc(c1OCCC)Cc1cccc(c1Cc1cccc(-c3ccccn3)n1)C2. The van der Waals surface area contributed by atoms with Crippen LogP contribution in [0.1, 0.15) is 93.7 Å². The highest BCUT2D eigenvalue weighted by Crippen LogP contribution is 2.36. The van der Waals surface area contributed by atoms with Crippen molar-refractivity contribution in [2.45, 2.75) is 65.2 Å². The summed E-state index contributed by atoms with van der Waals surface area (Å²) in [5.41, 5.74) is 17.9. The fourth-order valence-electron chi connectivity index (χ4n) is 8.76. The highest BCUT2D eigenvalue weighted by Gasteiger charge is 2.22. The first-order valence-corrected chi connectivity index (χ1v) is 22.0. The lowest BCUT2D eigenvalue weighted by Crippen LogP contribution is -2.10. The van der Waals surface area contributed by atoms with Gasteiger partial charge in [-0.05, 0) is 117 Å². The molecule has 0 saturated carbocycles. The van der Waals surface area contributed by atoms with Gasteiger partial charge in [-0.2, -0.15) is 0 Å². The smallest absolute Gasteiger partial charge is 0.126 e. The fourth-order valence-corrected chi connectivity index (χ4v) is 8.76. The third-order valence-corrected chi connectivity index (χ3v) is 11.7. The van der Waals surface area contributed by atoms with Crippen LogP contribution in [0.5, 0.6) is 11.5 Å².